The topological polar surface area (TPSA) is 68.0 Å². The first kappa shape index (κ1) is 10.0. The number of carbonyl (C=O) groups is 1. The third-order valence-electron chi connectivity index (χ3n) is 2.99. The van der Waals surface area contributed by atoms with Gasteiger partial charge in [-0.05, 0) is 18.9 Å². The van der Waals surface area contributed by atoms with Crippen molar-refractivity contribution in [1.82, 2.24) is 14.8 Å². The van der Waals surface area contributed by atoms with Gasteiger partial charge in [0, 0.05) is 35.8 Å². The number of aromatic carboxylic acids is 1. The normalized spacial score (nSPS) is 13.6. The van der Waals surface area contributed by atoms with Gasteiger partial charge in [0.2, 0.25) is 0 Å². The van der Waals surface area contributed by atoms with E-state index in [-0.39, 0.29) is 5.69 Å². The summed E-state index contributed by atoms with van der Waals surface area (Å²) in [6, 6.07) is 3.68. The molecule has 5 nitrogen and oxygen atoms in total. The number of carboxylic acids is 1. The molecule has 1 aliphatic rings. The van der Waals surface area contributed by atoms with E-state index in [0.29, 0.717) is 0 Å². The molecule has 0 spiro atoms. The summed E-state index contributed by atoms with van der Waals surface area (Å²) in [7, 11) is 0. The average Bonchev–Trinajstić information content (AvgIpc) is 2.89. The molecule has 0 bridgehead atoms. The summed E-state index contributed by atoms with van der Waals surface area (Å²) in [5.41, 5.74) is 2.69. The zero-order valence-electron chi connectivity index (χ0n) is 9.13. The highest BCUT2D eigenvalue weighted by atomic mass is 16.4. The largest absolute Gasteiger partial charge is 0.476 e. The van der Waals surface area contributed by atoms with Crippen molar-refractivity contribution in [3.63, 3.8) is 0 Å². The molecule has 1 N–H and O–H groups in total. The van der Waals surface area contributed by atoms with Gasteiger partial charge in [0.1, 0.15) is 0 Å². The Morgan fingerprint density at radius 2 is 2.35 bits per heavy atom. The van der Waals surface area contributed by atoms with Crippen molar-refractivity contribution in [2.45, 2.75) is 19.4 Å². The van der Waals surface area contributed by atoms with Crippen LogP contribution in [0.5, 0.6) is 0 Å². The third-order valence-corrected chi connectivity index (χ3v) is 2.99. The van der Waals surface area contributed by atoms with Crippen LogP contribution in [0, 0.1) is 0 Å². The molecule has 0 aliphatic carbocycles. The fraction of sp³-hybridized carbons (Fsp3) is 0.250. The fourth-order valence-electron chi connectivity index (χ4n) is 2.30. The Bertz CT molecular complexity index is 575. The molecule has 0 aromatic carbocycles. The van der Waals surface area contributed by atoms with Gasteiger partial charge in [-0.1, -0.05) is 6.07 Å². The minimum Gasteiger partial charge on any atom is -0.476 e. The number of hydrogen-bond donors (Lipinski definition) is 1. The Morgan fingerprint density at radius 3 is 3.06 bits per heavy atom. The van der Waals surface area contributed by atoms with Gasteiger partial charge in [-0.15, -0.1) is 0 Å². The molecule has 86 valence electrons. The number of pyridine rings is 1. The minimum absolute atomic E-state index is 0.132. The molecular formula is C12H11N3O2. The number of carboxylic acid groups (broad SMARTS) is 1. The van der Waals surface area contributed by atoms with E-state index < -0.39 is 5.97 Å². The Morgan fingerprint density at radius 1 is 1.47 bits per heavy atom. The Balaban J connectivity index is 2.24. The second kappa shape index (κ2) is 3.69. The predicted octanol–water partition coefficient (Wildman–Crippen LogP) is 1.59. The van der Waals surface area contributed by atoms with Gasteiger partial charge >= 0.3 is 5.97 Å². The van der Waals surface area contributed by atoms with Crippen LogP contribution in [-0.2, 0) is 13.0 Å². The molecule has 0 radical (unpaired) electrons. The number of aryl methyl sites for hydroxylation is 1. The zero-order valence-corrected chi connectivity index (χ0v) is 9.13. The lowest BCUT2D eigenvalue weighted by molar-refractivity contribution is 0.0690. The van der Waals surface area contributed by atoms with E-state index >= 15 is 0 Å². The first-order valence-electron chi connectivity index (χ1n) is 5.51. The Labute approximate surface area is 97.7 Å². The van der Waals surface area contributed by atoms with Gasteiger partial charge in [0.25, 0.3) is 0 Å². The van der Waals surface area contributed by atoms with Gasteiger partial charge in [0.05, 0.1) is 0 Å². The molecule has 2 aromatic rings. The first-order valence-corrected chi connectivity index (χ1v) is 5.51. The molecule has 0 unspecified atom stereocenters. The second-order valence-corrected chi connectivity index (χ2v) is 4.04. The van der Waals surface area contributed by atoms with E-state index in [1.54, 1.807) is 23.1 Å². The summed E-state index contributed by atoms with van der Waals surface area (Å²) in [6.07, 6.45) is 5.26. The standard InChI is InChI=1S/C12H11N3O2/c16-12(17)11-10(8-3-1-5-13-7-8)9-4-2-6-15(9)14-11/h1,3,5,7H,2,4,6H2,(H,16,17). The monoisotopic (exact) mass is 229 g/mol. The van der Waals surface area contributed by atoms with Crippen LogP contribution >= 0.6 is 0 Å². The summed E-state index contributed by atoms with van der Waals surface area (Å²) < 4.78 is 1.80. The van der Waals surface area contributed by atoms with Gasteiger partial charge in [0.15, 0.2) is 5.69 Å². The summed E-state index contributed by atoms with van der Waals surface area (Å²) in [5.74, 6) is -0.981. The quantitative estimate of drug-likeness (QED) is 0.849. The number of hydrogen-bond acceptors (Lipinski definition) is 3. The highest BCUT2D eigenvalue weighted by Gasteiger charge is 2.26. The van der Waals surface area contributed by atoms with Crippen molar-refractivity contribution >= 4 is 5.97 Å². The molecule has 0 amide bonds. The van der Waals surface area contributed by atoms with Gasteiger partial charge in [-0.25, -0.2) is 4.79 Å². The smallest absolute Gasteiger partial charge is 0.357 e. The summed E-state index contributed by atoms with van der Waals surface area (Å²) in [4.78, 5) is 15.2. The number of fused-ring (bicyclic) bond motifs is 1. The minimum atomic E-state index is -0.981. The van der Waals surface area contributed by atoms with Crippen molar-refractivity contribution in [2.75, 3.05) is 0 Å². The van der Waals surface area contributed by atoms with E-state index in [1.807, 2.05) is 6.07 Å². The Kier molecular flexibility index (Phi) is 2.18. The van der Waals surface area contributed by atoms with Crippen LogP contribution in [0.4, 0.5) is 0 Å². The van der Waals surface area contributed by atoms with Gasteiger partial charge < -0.3 is 5.11 Å². The second-order valence-electron chi connectivity index (χ2n) is 4.04. The maximum atomic E-state index is 11.2. The molecule has 2 aromatic heterocycles. The van der Waals surface area contributed by atoms with Gasteiger partial charge in [-0.3, -0.25) is 9.67 Å². The first-order chi connectivity index (χ1) is 8.27. The van der Waals surface area contributed by atoms with E-state index in [1.165, 1.54) is 0 Å². The summed E-state index contributed by atoms with van der Waals surface area (Å²) >= 11 is 0. The summed E-state index contributed by atoms with van der Waals surface area (Å²) in [5, 5.41) is 13.3. The molecule has 3 heterocycles. The van der Waals surface area contributed by atoms with E-state index in [0.717, 1.165) is 36.2 Å². The summed E-state index contributed by atoms with van der Waals surface area (Å²) in [6.45, 7) is 0.801. The highest BCUT2D eigenvalue weighted by molar-refractivity contribution is 5.94. The van der Waals surface area contributed by atoms with Crippen molar-refractivity contribution in [2.24, 2.45) is 0 Å². The van der Waals surface area contributed by atoms with Crippen LogP contribution < -0.4 is 0 Å². The molecule has 1 aliphatic heterocycles. The molecular weight excluding hydrogens is 218 g/mol. The number of nitrogens with zero attached hydrogens (tertiary/aromatic N) is 3. The van der Waals surface area contributed by atoms with Crippen molar-refractivity contribution in [1.29, 1.82) is 0 Å². The van der Waals surface area contributed by atoms with E-state index in [9.17, 15) is 9.90 Å². The zero-order chi connectivity index (χ0) is 11.8. The lowest BCUT2D eigenvalue weighted by atomic mass is 10.0. The average molecular weight is 229 g/mol. The number of aromatic nitrogens is 3. The number of rotatable bonds is 2. The van der Waals surface area contributed by atoms with Crippen LogP contribution in [0.15, 0.2) is 24.5 Å². The Hall–Kier alpha value is -2.17. The SMILES string of the molecule is O=C(O)c1nn2c(c1-c1cccnc1)CCC2. The lowest BCUT2D eigenvalue weighted by Gasteiger charge is -2.01. The van der Waals surface area contributed by atoms with Crippen molar-refractivity contribution in [3.8, 4) is 11.1 Å². The molecule has 5 heteroatoms. The van der Waals surface area contributed by atoms with Crippen LogP contribution in [0.3, 0.4) is 0 Å². The third kappa shape index (κ3) is 1.51. The molecule has 17 heavy (non-hydrogen) atoms. The maximum absolute atomic E-state index is 11.2. The highest BCUT2D eigenvalue weighted by Crippen LogP contribution is 2.31. The molecule has 3 rings (SSSR count). The maximum Gasteiger partial charge on any atom is 0.357 e. The predicted molar refractivity (Wildman–Crippen MR) is 60.7 cm³/mol. The molecule has 0 saturated heterocycles. The molecule has 0 fully saturated rings. The lowest BCUT2D eigenvalue weighted by Crippen LogP contribution is -2.02. The molecule has 0 atom stereocenters. The van der Waals surface area contributed by atoms with E-state index in [4.69, 9.17) is 0 Å². The van der Waals surface area contributed by atoms with Crippen LogP contribution in [0.1, 0.15) is 22.6 Å². The molecule has 0 saturated carbocycles. The van der Waals surface area contributed by atoms with Crippen LogP contribution in [-0.4, -0.2) is 25.8 Å². The van der Waals surface area contributed by atoms with Crippen molar-refractivity contribution in [3.05, 3.63) is 35.9 Å². The van der Waals surface area contributed by atoms with Gasteiger partial charge in [-0.2, -0.15) is 5.10 Å². The van der Waals surface area contributed by atoms with Crippen LogP contribution in [0.25, 0.3) is 11.1 Å². The van der Waals surface area contributed by atoms with Crippen LogP contribution in [0.2, 0.25) is 0 Å². The fourth-order valence-corrected chi connectivity index (χ4v) is 2.30. The van der Waals surface area contributed by atoms with Crippen molar-refractivity contribution < 1.29 is 9.90 Å². The van der Waals surface area contributed by atoms with E-state index in [2.05, 4.69) is 10.1 Å².